The van der Waals surface area contributed by atoms with Crippen molar-refractivity contribution in [2.24, 2.45) is 0 Å². The maximum absolute atomic E-state index is 10.6. The molecule has 1 aliphatic heterocycles. The summed E-state index contributed by atoms with van der Waals surface area (Å²) in [5, 5.41) is 12.0. The minimum absolute atomic E-state index is 0.529. The van der Waals surface area contributed by atoms with Gasteiger partial charge in [-0.25, -0.2) is 9.78 Å². The summed E-state index contributed by atoms with van der Waals surface area (Å²) in [5.74, 6) is -1.77. The molecule has 4 rings (SSSR count). The van der Waals surface area contributed by atoms with Crippen molar-refractivity contribution in [3.05, 3.63) is 59.9 Å². The van der Waals surface area contributed by atoms with E-state index >= 15 is 0 Å². The highest BCUT2D eigenvalue weighted by Crippen LogP contribution is 2.20. The Hall–Kier alpha value is -3.07. The van der Waals surface area contributed by atoms with Crippen molar-refractivity contribution in [3.8, 4) is 0 Å². The largest absolute Gasteiger partial charge is 0.490 e. The highest BCUT2D eigenvalue weighted by Gasteiger charge is 2.38. The van der Waals surface area contributed by atoms with Crippen molar-refractivity contribution in [2.75, 3.05) is 18.4 Å². The number of rotatable bonds is 4. The van der Waals surface area contributed by atoms with E-state index in [1.54, 1.807) is 0 Å². The molecular weight excluding hydrogens is 409 g/mol. The molecule has 2 aromatic heterocycles. The fourth-order valence-corrected chi connectivity index (χ4v) is 3.52. The lowest BCUT2D eigenvalue weighted by molar-refractivity contribution is -0.192. The van der Waals surface area contributed by atoms with E-state index in [9.17, 15) is 13.2 Å². The van der Waals surface area contributed by atoms with Crippen LogP contribution in [0.5, 0.6) is 0 Å². The Morgan fingerprint density at radius 1 is 1.23 bits per heavy atom. The molecule has 0 radical (unpaired) electrons. The van der Waals surface area contributed by atoms with Crippen LogP contribution in [0.25, 0.3) is 10.9 Å². The number of carboxylic acids is 1. The molecular formula is C22H25F3N4O2. The molecule has 0 unspecified atom stereocenters. The van der Waals surface area contributed by atoms with Crippen LogP contribution in [0, 0.1) is 6.92 Å². The van der Waals surface area contributed by atoms with Gasteiger partial charge in [-0.3, -0.25) is 4.90 Å². The molecule has 9 heteroatoms. The molecule has 1 fully saturated rings. The second kappa shape index (κ2) is 9.82. The molecule has 0 spiro atoms. The molecule has 0 amide bonds. The van der Waals surface area contributed by atoms with Crippen LogP contribution in [0.15, 0.2) is 48.7 Å². The van der Waals surface area contributed by atoms with Crippen LogP contribution in [0.2, 0.25) is 0 Å². The average Bonchev–Trinajstić information content (AvgIpc) is 3.11. The van der Waals surface area contributed by atoms with Gasteiger partial charge in [0.1, 0.15) is 5.82 Å². The van der Waals surface area contributed by atoms with Crippen molar-refractivity contribution in [2.45, 2.75) is 38.5 Å². The van der Waals surface area contributed by atoms with Gasteiger partial charge in [0.05, 0.1) is 0 Å². The Morgan fingerprint density at radius 3 is 2.55 bits per heavy atom. The van der Waals surface area contributed by atoms with Crippen LogP contribution in [0.3, 0.4) is 0 Å². The number of carbonyl (C=O) groups is 1. The van der Waals surface area contributed by atoms with Crippen LogP contribution in [-0.4, -0.2) is 51.3 Å². The molecule has 3 N–H and O–H groups in total. The number of aromatic amines is 1. The number of anilines is 1. The topological polar surface area (TPSA) is 81.2 Å². The van der Waals surface area contributed by atoms with Gasteiger partial charge in [0.25, 0.3) is 0 Å². The number of nitrogens with zero attached hydrogens (tertiary/aromatic N) is 2. The fourth-order valence-electron chi connectivity index (χ4n) is 3.52. The Balaban J connectivity index is 0.000000339. The highest BCUT2D eigenvalue weighted by molar-refractivity contribution is 5.81. The van der Waals surface area contributed by atoms with Gasteiger partial charge in [0.2, 0.25) is 0 Å². The van der Waals surface area contributed by atoms with Gasteiger partial charge >= 0.3 is 12.1 Å². The van der Waals surface area contributed by atoms with Crippen molar-refractivity contribution in [1.29, 1.82) is 0 Å². The van der Waals surface area contributed by atoms with E-state index in [4.69, 9.17) is 9.90 Å². The van der Waals surface area contributed by atoms with Crippen molar-refractivity contribution in [3.63, 3.8) is 0 Å². The lowest BCUT2D eigenvalue weighted by atomic mass is 10.0. The molecule has 1 aromatic carbocycles. The number of alkyl halides is 3. The minimum Gasteiger partial charge on any atom is -0.475 e. The summed E-state index contributed by atoms with van der Waals surface area (Å²) < 4.78 is 31.7. The Morgan fingerprint density at radius 2 is 1.94 bits per heavy atom. The molecule has 6 nitrogen and oxygen atoms in total. The number of likely N-dealkylation sites (tertiary alicyclic amines) is 1. The zero-order valence-corrected chi connectivity index (χ0v) is 17.1. The molecule has 0 aliphatic carbocycles. The first-order chi connectivity index (χ1) is 14.7. The number of carboxylic acid groups (broad SMARTS) is 1. The zero-order valence-electron chi connectivity index (χ0n) is 17.1. The van der Waals surface area contributed by atoms with Crippen molar-refractivity contribution >= 4 is 22.7 Å². The van der Waals surface area contributed by atoms with Gasteiger partial charge in [-0.1, -0.05) is 18.2 Å². The summed E-state index contributed by atoms with van der Waals surface area (Å²) in [5.41, 5.74) is 3.86. The van der Waals surface area contributed by atoms with Gasteiger partial charge in [0.15, 0.2) is 0 Å². The SMILES string of the molecule is Cc1ccc2cc(CN3CCC(Nc4ccccn4)CC3)[nH]c2c1.O=C(O)C(F)(F)F. The molecule has 1 aliphatic rings. The molecule has 3 heterocycles. The van der Waals surface area contributed by atoms with E-state index in [-0.39, 0.29) is 0 Å². The lowest BCUT2D eigenvalue weighted by Gasteiger charge is -2.32. The van der Waals surface area contributed by atoms with Crippen molar-refractivity contribution < 1.29 is 23.1 Å². The number of nitrogens with one attached hydrogen (secondary N) is 2. The number of pyridine rings is 1. The number of fused-ring (bicyclic) bond motifs is 1. The molecule has 0 bridgehead atoms. The predicted molar refractivity (Wildman–Crippen MR) is 113 cm³/mol. The van der Waals surface area contributed by atoms with Gasteiger partial charge in [-0.2, -0.15) is 13.2 Å². The fraction of sp³-hybridized carbons (Fsp3) is 0.364. The molecule has 1 saturated heterocycles. The van der Waals surface area contributed by atoms with Crippen LogP contribution in [0.1, 0.15) is 24.1 Å². The average molecular weight is 434 g/mol. The number of aryl methyl sites for hydroxylation is 1. The number of aromatic nitrogens is 2. The van der Waals surface area contributed by atoms with E-state index < -0.39 is 12.1 Å². The summed E-state index contributed by atoms with van der Waals surface area (Å²) >= 11 is 0. The van der Waals surface area contributed by atoms with Crippen LogP contribution < -0.4 is 5.32 Å². The van der Waals surface area contributed by atoms with E-state index in [1.807, 2.05) is 24.4 Å². The smallest absolute Gasteiger partial charge is 0.475 e. The highest BCUT2D eigenvalue weighted by atomic mass is 19.4. The standard InChI is InChI=1S/C20H24N4.C2HF3O2/c1-15-5-6-16-13-18(22-19(16)12-15)14-24-10-7-17(8-11-24)23-20-4-2-3-9-21-20;3-2(4,5)1(6)7/h2-6,9,12-13,17,22H,7-8,10-11,14H2,1H3,(H,21,23);(H,6,7). The summed E-state index contributed by atoms with van der Waals surface area (Å²) in [6.07, 6.45) is -0.916. The molecule has 3 aromatic rings. The minimum atomic E-state index is -5.08. The third kappa shape index (κ3) is 6.71. The zero-order chi connectivity index (χ0) is 22.4. The van der Waals surface area contributed by atoms with Crippen LogP contribution >= 0.6 is 0 Å². The second-order valence-electron chi connectivity index (χ2n) is 7.60. The van der Waals surface area contributed by atoms with E-state index in [0.29, 0.717) is 6.04 Å². The quantitative estimate of drug-likeness (QED) is 0.560. The number of hydrogen-bond donors (Lipinski definition) is 3. The summed E-state index contributed by atoms with van der Waals surface area (Å²) in [4.78, 5) is 19.4. The van der Waals surface area contributed by atoms with E-state index in [1.165, 1.54) is 22.2 Å². The summed E-state index contributed by atoms with van der Waals surface area (Å²) in [6, 6.07) is 15.4. The third-order valence-corrected chi connectivity index (χ3v) is 5.07. The van der Waals surface area contributed by atoms with Crippen LogP contribution in [0.4, 0.5) is 19.0 Å². The summed E-state index contributed by atoms with van der Waals surface area (Å²) in [7, 11) is 0. The summed E-state index contributed by atoms with van der Waals surface area (Å²) in [6.45, 7) is 5.39. The maximum Gasteiger partial charge on any atom is 0.490 e. The molecule has 0 saturated carbocycles. The Labute approximate surface area is 178 Å². The first-order valence-electron chi connectivity index (χ1n) is 9.99. The number of hydrogen-bond acceptors (Lipinski definition) is 4. The number of halogens is 3. The van der Waals surface area contributed by atoms with Gasteiger partial charge in [0, 0.05) is 43.1 Å². The normalized spacial score (nSPS) is 15.4. The maximum atomic E-state index is 10.6. The first kappa shape index (κ1) is 22.6. The van der Waals surface area contributed by atoms with E-state index in [2.05, 4.69) is 51.4 Å². The van der Waals surface area contributed by atoms with Crippen LogP contribution in [-0.2, 0) is 11.3 Å². The van der Waals surface area contributed by atoms with Crippen molar-refractivity contribution in [1.82, 2.24) is 14.9 Å². The van der Waals surface area contributed by atoms with Gasteiger partial charge < -0.3 is 15.4 Å². The number of H-pyrrole nitrogens is 1. The predicted octanol–water partition coefficient (Wildman–Crippen LogP) is 4.58. The third-order valence-electron chi connectivity index (χ3n) is 5.07. The second-order valence-corrected chi connectivity index (χ2v) is 7.60. The monoisotopic (exact) mass is 434 g/mol. The van der Waals surface area contributed by atoms with Gasteiger partial charge in [-0.05, 0) is 55.0 Å². The lowest BCUT2D eigenvalue weighted by Crippen LogP contribution is -2.38. The number of aliphatic carboxylic acids is 1. The first-order valence-corrected chi connectivity index (χ1v) is 9.99. The molecule has 31 heavy (non-hydrogen) atoms. The Kier molecular flexibility index (Phi) is 7.17. The molecule has 166 valence electrons. The van der Waals surface area contributed by atoms with E-state index in [0.717, 1.165) is 38.3 Å². The number of piperidine rings is 1. The molecule has 0 atom stereocenters. The van der Waals surface area contributed by atoms with Gasteiger partial charge in [-0.15, -0.1) is 0 Å². The number of benzene rings is 1. The Bertz CT molecular complexity index is 997.